The van der Waals surface area contributed by atoms with Crippen molar-refractivity contribution >= 4 is 42.1 Å². The van der Waals surface area contributed by atoms with E-state index >= 15 is 0 Å². The molecule has 0 radical (unpaired) electrons. The maximum Gasteiger partial charge on any atom is 0.221 e. The minimum absolute atomic E-state index is 0. The molecule has 1 aromatic heterocycles. The van der Waals surface area contributed by atoms with E-state index in [0.29, 0.717) is 13.0 Å². The number of amides is 1. The average molecular weight is 396 g/mol. The highest BCUT2D eigenvalue weighted by atomic mass is 35.5. The van der Waals surface area contributed by atoms with Crippen LogP contribution in [-0.2, 0) is 10.3 Å². The molecule has 1 aliphatic carbocycles. The summed E-state index contributed by atoms with van der Waals surface area (Å²) in [5, 5.41) is 6.26. The van der Waals surface area contributed by atoms with E-state index in [1.807, 2.05) is 12.3 Å². The van der Waals surface area contributed by atoms with Crippen molar-refractivity contribution in [1.82, 2.24) is 10.3 Å². The van der Waals surface area contributed by atoms with E-state index in [0.717, 1.165) is 30.0 Å². The Hall–Kier alpha value is -0.360. The molecule has 0 bridgehead atoms. The second-order valence-electron chi connectivity index (χ2n) is 6.97. The third kappa shape index (κ3) is 5.58. The predicted molar refractivity (Wildman–Crippen MR) is 106 cm³/mol. The lowest BCUT2D eigenvalue weighted by Gasteiger charge is -2.37. The fourth-order valence-electron chi connectivity index (χ4n) is 3.35. The van der Waals surface area contributed by atoms with Crippen molar-refractivity contribution in [3.05, 3.63) is 16.1 Å². The first-order valence-corrected chi connectivity index (χ1v) is 9.25. The van der Waals surface area contributed by atoms with Crippen molar-refractivity contribution in [2.45, 2.75) is 71.3 Å². The molecule has 1 heterocycles. The third-order valence-corrected chi connectivity index (χ3v) is 6.32. The number of hydrogen-bond acceptors (Lipinski definition) is 4. The van der Waals surface area contributed by atoms with Crippen LogP contribution >= 0.6 is 36.2 Å². The van der Waals surface area contributed by atoms with Crippen LogP contribution in [0.25, 0.3) is 0 Å². The van der Waals surface area contributed by atoms with Crippen LogP contribution < -0.4 is 11.1 Å². The van der Waals surface area contributed by atoms with Crippen LogP contribution in [0.4, 0.5) is 0 Å². The fourth-order valence-corrected chi connectivity index (χ4v) is 4.33. The Bertz CT molecular complexity index is 518. The number of nitrogens with zero attached hydrogens (tertiary/aromatic N) is 1. The summed E-state index contributed by atoms with van der Waals surface area (Å²) in [5.74, 6) is 0.115. The SMILES string of the molecule is CCC(C)(NC(=O)CC1(CN)CCCCC1)c1nc(C)cs1.Cl.Cl. The zero-order chi connectivity index (χ0) is 16.2. The molecule has 0 aromatic carbocycles. The van der Waals surface area contributed by atoms with Gasteiger partial charge in [0.05, 0.1) is 5.54 Å². The lowest BCUT2D eigenvalue weighted by Crippen LogP contribution is -2.46. The Morgan fingerprint density at radius 2 is 2.00 bits per heavy atom. The Balaban J connectivity index is 0.00000264. The summed E-state index contributed by atoms with van der Waals surface area (Å²) in [7, 11) is 0. The molecule has 140 valence electrons. The van der Waals surface area contributed by atoms with Crippen molar-refractivity contribution in [3.63, 3.8) is 0 Å². The van der Waals surface area contributed by atoms with Crippen molar-refractivity contribution in [1.29, 1.82) is 0 Å². The molecule has 3 N–H and O–H groups in total. The Labute approximate surface area is 162 Å². The van der Waals surface area contributed by atoms with Gasteiger partial charge in [0, 0.05) is 17.5 Å². The first-order valence-electron chi connectivity index (χ1n) is 8.37. The van der Waals surface area contributed by atoms with Gasteiger partial charge in [0.25, 0.3) is 0 Å². The van der Waals surface area contributed by atoms with Gasteiger partial charge in [0.1, 0.15) is 5.01 Å². The standard InChI is InChI=1S/C17H29N3OS.2ClH/c1-4-16(3,15-19-13(2)11-22-15)20-14(21)10-17(12-18)8-6-5-7-9-17;;/h11H,4-10,12,18H2,1-3H3,(H,20,21);2*1H. The largest absolute Gasteiger partial charge is 0.344 e. The summed E-state index contributed by atoms with van der Waals surface area (Å²) in [4.78, 5) is 17.2. The molecule has 2 rings (SSSR count). The number of aromatic nitrogens is 1. The fraction of sp³-hybridized carbons (Fsp3) is 0.765. The molecule has 1 atom stereocenters. The van der Waals surface area contributed by atoms with Gasteiger partial charge in [-0.25, -0.2) is 4.98 Å². The lowest BCUT2D eigenvalue weighted by atomic mass is 9.71. The minimum Gasteiger partial charge on any atom is -0.344 e. The molecule has 1 aliphatic rings. The number of rotatable bonds is 6. The molecule has 1 aromatic rings. The van der Waals surface area contributed by atoms with E-state index in [1.54, 1.807) is 11.3 Å². The second-order valence-corrected chi connectivity index (χ2v) is 7.83. The first-order chi connectivity index (χ1) is 10.4. The molecule has 1 saturated carbocycles. The number of carbonyl (C=O) groups is 1. The molecule has 0 aliphatic heterocycles. The zero-order valence-corrected chi connectivity index (χ0v) is 17.3. The van der Waals surface area contributed by atoms with E-state index in [-0.39, 0.29) is 41.7 Å². The zero-order valence-electron chi connectivity index (χ0n) is 14.9. The molecule has 4 nitrogen and oxygen atoms in total. The van der Waals surface area contributed by atoms with Gasteiger partial charge in [0.2, 0.25) is 5.91 Å². The highest BCUT2D eigenvalue weighted by Crippen LogP contribution is 2.39. The van der Waals surface area contributed by atoms with E-state index in [9.17, 15) is 4.79 Å². The smallest absolute Gasteiger partial charge is 0.221 e. The monoisotopic (exact) mass is 395 g/mol. The van der Waals surface area contributed by atoms with E-state index in [2.05, 4.69) is 24.1 Å². The summed E-state index contributed by atoms with van der Waals surface area (Å²) in [5.41, 5.74) is 6.66. The van der Waals surface area contributed by atoms with E-state index in [1.165, 1.54) is 19.3 Å². The number of nitrogens with two attached hydrogens (primary N) is 1. The molecule has 24 heavy (non-hydrogen) atoms. The van der Waals surface area contributed by atoms with Crippen molar-refractivity contribution in [3.8, 4) is 0 Å². The Morgan fingerprint density at radius 3 is 2.46 bits per heavy atom. The molecular formula is C17H31Cl2N3OS. The summed E-state index contributed by atoms with van der Waals surface area (Å²) in [6, 6.07) is 0. The van der Waals surface area contributed by atoms with Gasteiger partial charge in [-0.2, -0.15) is 0 Å². The number of hydrogen-bond donors (Lipinski definition) is 2. The van der Waals surface area contributed by atoms with Gasteiger partial charge >= 0.3 is 0 Å². The maximum absolute atomic E-state index is 12.6. The first kappa shape index (κ1) is 23.6. The Kier molecular flexibility index (Phi) is 9.80. The minimum atomic E-state index is -0.375. The summed E-state index contributed by atoms with van der Waals surface area (Å²) < 4.78 is 0. The maximum atomic E-state index is 12.6. The van der Waals surface area contributed by atoms with Gasteiger partial charge in [0.15, 0.2) is 0 Å². The van der Waals surface area contributed by atoms with Gasteiger partial charge in [-0.05, 0) is 45.1 Å². The Morgan fingerprint density at radius 1 is 1.38 bits per heavy atom. The quantitative estimate of drug-likeness (QED) is 0.752. The second kappa shape index (κ2) is 9.95. The summed E-state index contributed by atoms with van der Waals surface area (Å²) >= 11 is 1.62. The van der Waals surface area contributed by atoms with Crippen LogP contribution in [0.5, 0.6) is 0 Å². The van der Waals surface area contributed by atoms with Crippen LogP contribution in [0.15, 0.2) is 5.38 Å². The lowest BCUT2D eigenvalue weighted by molar-refractivity contribution is -0.125. The molecule has 0 saturated heterocycles. The van der Waals surface area contributed by atoms with Crippen LogP contribution in [0.1, 0.15) is 69.5 Å². The normalized spacial score (nSPS) is 18.7. The van der Waals surface area contributed by atoms with Gasteiger partial charge in [-0.1, -0.05) is 26.2 Å². The van der Waals surface area contributed by atoms with Crippen molar-refractivity contribution < 1.29 is 4.79 Å². The number of carbonyl (C=O) groups excluding carboxylic acids is 1. The van der Waals surface area contributed by atoms with Gasteiger partial charge < -0.3 is 11.1 Å². The number of thiazole rings is 1. The molecular weight excluding hydrogens is 365 g/mol. The van der Waals surface area contributed by atoms with Crippen LogP contribution in [0.3, 0.4) is 0 Å². The van der Waals surface area contributed by atoms with Gasteiger partial charge in [-0.15, -0.1) is 36.2 Å². The van der Waals surface area contributed by atoms with Crippen LogP contribution in [0, 0.1) is 12.3 Å². The summed E-state index contributed by atoms with van der Waals surface area (Å²) in [6.07, 6.45) is 7.20. The number of nitrogens with one attached hydrogen (secondary N) is 1. The number of halogens is 2. The van der Waals surface area contributed by atoms with Gasteiger partial charge in [-0.3, -0.25) is 4.79 Å². The van der Waals surface area contributed by atoms with Crippen LogP contribution in [-0.4, -0.2) is 17.4 Å². The topological polar surface area (TPSA) is 68.0 Å². The molecule has 1 unspecified atom stereocenters. The summed E-state index contributed by atoms with van der Waals surface area (Å²) in [6.45, 7) is 6.76. The van der Waals surface area contributed by atoms with Crippen molar-refractivity contribution in [2.24, 2.45) is 11.1 Å². The van der Waals surface area contributed by atoms with Crippen LogP contribution in [0.2, 0.25) is 0 Å². The highest BCUT2D eigenvalue weighted by Gasteiger charge is 2.36. The van der Waals surface area contributed by atoms with E-state index < -0.39 is 0 Å². The molecule has 1 fully saturated rings. The molecule has 7 heteroatoms. The highest BCUT2D eigenvalue weighted by molar-refractivity contribution is 7.09. The molecule has 0 spiro atoms. The van der Waals surface area contributed by atoms with E-state index in [4.69, 9.17) is 5.73 Å². The molecule has 1 amide bonds. The predicted octanol–water partition coefficient (Wildman–Crippen LogP) is 4.34. The number of aryl methyl sites for hydroxylation is 1. The average Bonchev–Trinajstić information content (AvgIpc) is 2.95. The van der Waals surface area contributed by atoms with Crippen molar-refractivity contribution in [2.75, 3.05) is 6.54 Å². The third-order valence-electron chi connectivity index (χ3n) is 5.10.